The van der Waals surface area contributed by atoms with E-state index in [9.17, 15) is 4.79 Å². The smallest absolute Gasteiger partial charge is 0.220 e. The topological polar surface area (TPSA) is 42.0 Å². The molecule has 2 rings (SSSR count). The molecule has 21 heavy (non-hydrogen) atoms. The van der Waals surface area contributed by atoms with Crippen molar-refractivity contribution in [3.05, 3.63) is 51.5 Å². The molecule has 0 aliphatic carbocycles. The van der Waals surface area contributed by atoms with Crippen LogP contribution in [0.1, 0.15) is 41.4 Å². The summed E-state index contributed by atoms with van der Waals surface area (Å²) < 4.78 is 0. The third-order valence-electron chi connectivity index (χ3n) is 3.17. The van der Waals surface area contributed by atoms with Crippen LogP contribution in [0.2, 0.25) is 0 Å². The first-order valence-corrected chi connectivity index (χ1v) is 8.12. The maximum absolute atomic E-state index is 11.7. The summed E-state index contributed by atoms with van der Waals surface area (Å²) in [6.07, 6.45) is 1.48. The van der Waals surface area contributed by atoms with Gasteiger partial charge in [-0.05, 0) is 18.4 Å². The molecule has 1 heterocycles. The number of carbonyl (C=O) groups is 1. The van der Waals surface area contributed by atoms with Crippen molar-refractivity contribution in [2.75, 3.05) is 0 Å². The van der Waals surface area contributed by atoms with Crippen LogP contribution in [0.4, 0.5) is 0 Å². The highest BCUT2D eigenvalue weighted by Crippen LogP contribution is 2.21. The molecule has 112 valence electrons. The fourth-order valence-corrected chi connectivity index (χ4v) is 3.17. The zero-order valence-electron chi connectivity index (χ0n) is 12.8. The second-order valence-corrected chi connectivity index (χ2v) is 6.82. The zero-order valence-corrected chi connectivity index (χ0v) is 13.7. The number of hydrogen-bond acceptors (Lipinski definition) is 3. The van der Waals surface area contributed by atoms with Gasteiger partial charge in [-0.3, -0.25) is 4.79 Å². The lowest BCUT2D eigenvalue weighted by Gasteiger charge is -2.04. The van der Waals surface area contributed by atoms with Gasteiger partial charge in [-0.2, -0.15) is 0 Å². The molecule has 0 bridgehead atoms. The van der Waals surface area contributed by atoms with Gasteiger partial charge < -0.3 is 5.32 Å². The van der Waals surface area contributed by atoms with E-state index in [0.29, 0.717) is 18.9 Å². The maximum Gasteiger partial charge on any atom is 0.220 e. The van der Waals surface area contributed by atoms with Gasteiger partial charge in [0.1, 0.15) is 5.01 Å². The van der Waals surface area contributed by atoms with Gasteiger partial charge in [0.2, 0.25) is 5.91 Å². The van der Waals surface area contributed by atoms with E-state index in [1.807, 2.05) is 26.8 Å². The highest BCUT2D eigenvalue weighted by molar-refractivity contribution is 7.11. The van der Waals surface area contributed by atoms with E-state index in [-0.39, 0.29) is 5.91 Å². The minimum absolute atomic E-state index is 0.0995. The Bertz CT molecular complexity index is 590. The van der Waals surface area contributed by atoms with Crippen molar-refractivity contribution in [1.82, 2.24) is 10.3 Å². The number of aromatic nitrogens is 1. The molecule has 0 atom stereocenters. The zero-order chi connectivity index (χ0) is 15.2. The highest BCUT2D eigenvalue weighted by atomic mass is 32.1. The van der Waals surface area contributed by atoms with Crippen LogP contribution in [0.15, 0.2) is 30.3 Å². The lowest BCUT2D eigenvalue weighted by Crippen LogP contribution is -2.23. The Morgan fingerprint density at radius 1 is 1.29 bits per heavy atom. The summed E-state index contributed by atoms with van der Waals surface area (Å²) in [5.74, 6) is 0.485. The Morgan fingerprint density at radius 2 is 2.00 bits per heavy atom. The molecule has 0 saturated heterocycles. The van der Waals surface area contributed by atoms with Gasteiger partial charge in [0.15, 0.2) is 0 Å². The summed E-state index contributed by atoms with van der Waals surface area (Å²) in [5.41, 5.74) is 2.36. The van der Waals surface area contributed by atoms with Gasteiger partial charge in [0.25, 0.3) is 0 Å². The molecule has 1 amide bonds. The average Bonchev–Trinajstić information content (AvgIpc) is 2.77. The molecule has 0 unspecified atom stereocenters. The van der Waals surface area contributed by atoms with Crippen molar-refractivity contribution in [1.29, 1.82) is 0 Å². The third kappa shape index (κ3) is 4.97. The number of nitrogens with zero attached hydrogens (tertiary/aromatic N) is 1. The monoisotopic (exact) mass is 302 g/mol. The predicted octanol–water partition coefficient (Wildman–Crippen LogP) is 3.70. The van der Waals surface area contributed by atoms with Gasteiger partial charge >= 0.3 is 0 Å². The maximum atomic E-state index is 11.7. The van der Waals surface area contributed by atoms with Crippen LogP contribution >= 0.6 is 11.3 Å². The number of benzene rings is 1. The first-order chi connectivity index (χ1) is 10.0. The number of rotatable bonds is 6. The molecule has 0 aliphatic rings. The van der Waals surface area contributed by atoms with E-state index < -0.39 is 0 Å². The Balaban J connectivity index is 1.94. The molecular weight excluding hydrogens is 280 g/mol. The fraction of sp³-hybridized carbons (Fsp3) is 0.412. The molecular formula is C17H22N2OS. The molecule has 4 heteroatoms. The number of amides is 1. The van der Waals surface area contributed by atoms with Crippen LogP contribution in [-0.2, 0) is 17.8 Å². The van der Waals surface area contributed by atoms with E-state index in [4.69, 9.17) is 0 Å². The third-order valence-corrected chi connectivity index (χ3v) is 4.33. The van der Waals surface area contributed by atoms with Gasteiger partial charge in [-0.1, -0.05) is 44.2 Å². The number of thiazole rings is 1. The standard InChI is InChI=1S/C17H22N2OS/c1-12(2)9-16(20)18-11-17-19-13(3)15(21-17)10-14-7-5-4-6-8-14/h4-8,12H,9-11H2,1-3H3,(H,18,20). The van der Waals surface area contributed by atoms with E-state index >= 15 is 0 Å². The summed E-state index contributed by atoms with van der Waals surface area (Å²) in [6.45, 7) is 6.66. The molecule has 0 spiro atoms. The van der Waals surface area contributed by atoms with Gasteiger partial charge in [0.05, 0.1) is 12.2 Å². The summed E-state index contributed by atoms with van der Waals surface area (Å²) in [7, 11) is 0. The normalized spacial score (nSPS) is 10.9. The first-order valence-electron chi connectivity index (χ1n) is 7.30. The largest absolute Gasteiger partial charge is 0.350 e. The number of nitrogens with one attached hydrogen (secondary N) is 1. The lowest BCUT2D eigenvalue weighted by molar-refractivity contribution is -0.121. The quantitative estimate of drug-likeness (QED) is 0.884. The van der Waals surface area contributed by atoms with E-state index in [1.165, 1.54) is 10.4 Å². The number of aryl methyl sites for hydroxylation is 1. The Kier molecular flexibility index (Phi) is 5.51. The van der Waals surface area contributed by atoms with Crippen molar-refractivity contribution in [2.45, 2.75) is 40.2 Å². The van der Waals surface area contributed by atoms with Crippen LogP contribution in [0.3, 0.4) is 0 Å². The van der Waals surface area contributed by atoms with E-state index in [0.717, 1.165) is 17.1 Å². The summed E-state index contributed by atoms with van der Waals surface area (Å²) in [6, 6.07) is 10.4. The lowest BCUT2D eigenvalue weighted by atomic mass is 10.1. The minimum atomic E-state index is 0.0995. The molecule has 3 nitrogen and oxygen atoms in total. The molecule has 1 N–H and O–H groups in total. The second-order valence-electron chi connectivity index (χ2n) is 5.65. The van der Waals surface area contributed by atoms with Crippen molar-refractivity contribution in [3.63, 3.8) is 0 Å². The van der Waals surface area contributed by atoms with Gasteiger partial charge in [-0.25, -0.2) is 4.98 Å². The molecule has 0 saturated carbocycles. The average molecular weight is 302 g/mol. The molecule has 1 aromatic heterocycles. The molecule has 0 fully saturated rings. The van der Waals surface area contributed by atoms with Crippen molar-refractivity contribution in [2.24, 2.45) is 5.92 Å². The number of carbonyl (C=O) groups excluding carboxylic acids is 1. The number of hydrogen-bond donors (Lipinski definition) is 1. The predicted molar refractivity (Wildman–Crippen MR) is 87.4 cm³/mol. The molecule has 0 aliphatic heterocycles. The summed E-state index contributed by atoms with van der Waals surface area (Å²) in [5, 5.41) is 3.93. The second kappa shape index (κ2) is 7.36. The van der Waals surface area contributed by atoms with Crippen molar-refractivity contribution < 1.29 is 4.79 Å². The van der Waals surface area contributed by atoms with E-state index in [1.54, 1.807) is 11.3 Å². The van der Waals surface area contributed by atoms with Crippen LogP contribution in [0.25, 0.3) is 0 Å². The fourth-order valence-electron chi connectivity index (χ4n) is 2.13. The molecule has 1 aromatic carbocycles. The summed E-state index contributed by atoms with van der Waals surface area (Å²) >= 11 is 1.69. The van der Waals surface area contributed by atoms with Crippen LogP contribution < -0.4 is 5.32 Å². The van der Waals surface area contributed by atoms with E-state index in [2.05, 4.69) is 34.6 Å². The Morgan fingerprint density at radius 3 is 2.67 bits per heavy atom. The minimum Gasteiger partial charge on any atom is -0.350 e. The Hall–Kier alpha value is -1.68. The first kappa shape index (κ1) is 15.7. The van der Waals surface area contributed by atoms with Gasteiger partial charge in [-0.15, -0.1) is 11.3 Å². The van der Waals surface area contributed by atoms with Crippen LogP contribution in [-0.4, -0.2) is 10.9 Å². The van der Waals surface area contributed by atoms with Crippen LogP contribution in [0.5, 0.6) is 0 Å². The highest BCUT2D eigenvalue weighted by Gasteiger charge is 2.10. The molecule has 0 radical (unpaired) electrons. The van der Waals surface area contributed by atoms with Gasteiger partial charge in [0, 0.05) is 17.7 Å². The molecule has 2 aromatic rings. The van der Waals surface area contributed by atoms with Crippen molar-refractivity contribution >= 4 is 17.2 Å². The van der Waals surface area contributed by atoms with Crippen molar-refractivity contribution in [3.8, 4) is 0 Å². The Labute approximate surface area is 130 Å². The SMILES string of the molecule is Cc1nc(CNC(=O)CC(C)C)sc1Cc1ccccc1. The summed E-state index contributed by atoms with van der Waals surface area (Å²) in [4.78, 5) is 17.5. The van der Waals surface area contributed by atoms with Crippen LogP contribution in [0, 0.1) is 12.8 Å².